The zero-order valence-corrected chi connectivity index (χ0v) is 23.5. The lowest BCUT2D eigenvalue weighted by Gasteiger charge is -2.29. The van der Waals surface area contributed by atoms with E-state index in [0.29, 0.717) is 43.7 Å². The van der Waals surface area contributed by atoms with Crippen molar-refractivity contribution in [2.45, 2.75) is 57.3 Å². The van der Waals surface area contributed by atoms with E-state index in [1.165, 1.54) is 0 Å². The number of carbonyl (C=O) groups excluding carboxylic acids is 4. The van der Waals surface area contributed by atoms with Crippen LogP contribution in [0.25, 0.3) is 0 Å². The quantitative estimate of drug-likeness (QED) is 0.248. The first-order valence-corrected chi connectivity index (χ1v) is 14.0. The van der Waals surface area contributed by atoms with E-state index < -0.39 is 29.9 Å². The number of hydrogen-bond acceptors (Lipinski definition) is 8. The van der Waals surface area contributed by atoms with E-state index in [0.717, 1.165) is 16.8 Å². The third-order valence-corrected chi connectivity index (χ3v) is 7.85. The number of anilines is 1. The van der Waals surface area contributed by atoms with Crippen LogP contribution in [0.3, 0.4) is 0 Å². The Balaban J connectivity index is 1.31. The van der Waals surface area contributed by atoms with Gasteiger partial charge in [-0.1, -0.05) is 32.0 Å². The molecule has 0 aliphatic carbocycles. The third kappa shape index (κ3) is 6.04. The van der Waals surface area contributed by atoms with Crippen molar-refractivity contribution >= 4 is 29.3 Å². The molecule has 4 atom stereocenters. The summed E-state index contributed by atoms with van der Waals surface area (Å²) in [7, 11) is 1.54. The van der Waals surface area contributed by atoms with Crippen LogP contribution in [-0.2, 0) is 27.2 Å². The van der Waals surface area contributed by atoms with Gasteiger partial charge in [0.15, 0.2) is 0 Å². The Kier molecular flexibility index (Phi) is 8.52. The molecule has 2 aromatic carbocycles. The Morgan fingerprint density at radius 1 is 1.10 bits per heavy atom. The van der Waals surface area contributed by atoms with Gasteiger partial charge in [-0.25, -0.2) is 10.9 Å². The van der Waals surface area contributed by atoms with Gasteiger partial charge in [0.1, 0.15) is 23.9 Å². The van der Waals surface area contributed by atoms with Crippen molar-refractivity contribution in [2.24, 2.45) is 5.92 Å². The molecule has 6 N–H and O–H groups in total. The van der Waals surface area contributed by atoms with E-state index in [1.54, 1.807) is 36.3 Å². The van der Waals surface area contributed by atoms with Crippen molar-refractivity contribution in [3.63, 3.8) is 0 Å². The lowest BCUT2D eigenvalue weighted by atomic mass is 9.99. The van der Waals surface area contributed by atoms with Crippen molar-refractivity contribution in [3.8, 4) is 5.75 Å². The summed E-state index contributed by atoms with van der Waals surface area (Å²) in [5.74, 6) is -1.03. The first kappa shape index (κ1) is 28.5. The summed E-state index contributed by atoms with van der Waals surface area (Å²) in [6.45, 7) is 4.71. The number of rotatable bonds is 9. The molecule has 2 aromatic rings. The smallest absolute Gasteiger partial charge is 0.251 e. The number of ether oxygens (including phenoxy) is 1. The molecule has 3 aliphatic heterocycles. The number of carbonyl (C=O) groups is 4. The Morgan fingerprint density at radius 2 is 1.85 bits per heavy atom. The van der Waals surface area contributed by atoms with Gasteiger partial charge in [-0.3, -0.25) is 24.1 Å². The number of aryl methyl sites for hydroxylation is 1. The number of benzene rings is 2. The summed E-state index contributed by atoms with van der Waals surface area (Å²) in [6.07, 6.45) is 1.35. The van der Waals surface area contributed by atoms with Gasteiger partial charge < -0.3 is 20.7 Å². The first-order valence-electron chi connectivity index (χ1n) is 14.0. The molecule has 41 heavy (non-hydrogen) atoms. The number of hydrazine groups is 2. The van der Waals surface area contributed by atoms with Gasteiger partial charge >= 0.3 is 0 Å². The monoisotopic (exact) mass is 563 g/mol. The topological polar surface area (TPSA) is 153 Å². The maximum absolute atomic E-state index is 14.0. The molecule has 12 nitrogen and oxygen atoms in total. The first-order chi connectivity index (χ1) is 19.8. The molecule has 4 amide bonds. The van der Waals surface area contributed by atoms with Crippen LogP contribution in [0.15, 0.2) is 42.5 Å². The summed E-state index contributed by atoms with van der Waals surface area (Å²) >= 11 is 0. The average molecular weight is 564 g/mol. The van der Waals surface area contributed by atoms with E-state index in [4.69, 9.17) is 4.74 Å². The standard InChI is InChI=1S/C29H37N7O5/c1-16(2)24(33-26(37)18-7-10-21(41-3)11-8-18)28(39)32-22-12-9-17-5-4-6-19-13-23(36(25(17)19)29(22)40)27(38)30-14-20-15-31-35-34-20/h4-8,10-11,16,20,22-24,31,34-35H,9,12-15H2,1-3H3,(H,30,38)(H,32,39)(H,33,37)/t20?,22-,23-,24-/m0/s1. The molecule has 3 aliphatic rings. The highest BCUT2D eigenvalue weighted by molar-refractivity contribution is 6.08. The van der Waals surface area contributed by atoms with Gasteiger partial charge in [-0.15, -0.1) is 0 Å². The number of nitrogens with zero attached hydrogens (tertiary/aromatic N) is 1. The fraction of sp³-hybridized carbons (Fsp3) is 0.448. The van der Waals surface area contributed by atoms with Crippen molar-refractivity contribution in [1.82, 2.24) is 32.3 Å². The van der Waals surface area contributed by atoms with E-state index in [-0.39, 0.29) is 23.8 Å². The van der Waals surface area contributed by atoms with Gasteiger partial charge in [0.2, 0.25) is 17.7 Å². The second kappa shape index (κ2) is 12.2. The van der Waals surface area contributed by atoms with Crippen molar-refractivity contribution in [3.05, 3.63) is 59.2 Å². The summed E-state index contributed by atoms with van der Waals surface area (Å²) < 4.78 is 5.15. The number of amides is 4. The van der Waals surface area contributed by atoms with E-state index in [1.807, 2.05) is 32.0 Å². The van der Waals surface area contributed by atoms with Crippen LogP contribution in [0.4, 0.5) is 5.69 Å². The molecule has 0 spiro atoms. The molecule has 218 valence electrons. The van der Waals surface area contributed by atoms with E-state index in [9.17, 15) is 19.2 Å². The highest BCUT2D eigenvalue weighted by Crippen LogP contribution is 2.39. The van der Waals surface area contributed by atoms with Crippen molar-refractivity contribution < 1.29 is 23.9 Å². The summed E-state index contributed by atoms with van der Waals surface area (Å²) in [5.41, 5.74) is 11.9. The summed E-state index contributed by atoms with van der Waals surface area (Å²) in [6, 6.07) is 10.1. The molecule has 12 heteroatoms. The van der Waals surface area contributed by atoms with Gasteiger partial charge in [0, 0.05) is 25.1 Å². The van der Waals surface area contributed by atoms with Crippen molar-refractivity contribution in [1.29, 1.82) is 0 Å². The molecule has 1 fully saturated rings. The minimum Gasteiger partial charge on any atom is -0.497 e. The Morgan fingerprint density at radius 3 is 2.54 bits per heavy atom. The molecule has 0 saturated carbocycles. The number of hydrogen-bond donors (Lipinski definition) is 6. The number of nitrogens with one attached hydrogen (secondary N) is 6. The van der Waals surface area contributed by atoms with Crippen LogP contribution in [0.2, 0.25) is 0 Å². The van der Waals surface area contributed by atoms with Gasteiger partial charge in [-0.2, -0.15) is 5.53 Å². The SMILES string of the molecule is COc1ccc(C(=O)N[C@H](C(=O)N[C@H]2CCc3cccc4c3N(C2=O)[C@H](C(=O)NCC2CNNN2)C4)C(C)C)cc1. The molecule has 1 saturated heterocycles. The second-order valence-corrected chi connectivity index (χ2v) is 11.0. The molecule has 3 heterocycles. The van der Waals surface area contributed by atoms with E-state index >= 15 is 0 Å². The number of para-hydroxylation sites is 1. The molecule has 1 unspecified atom stereocenters. The minimum absolute atomic E-state index is 0.0197. The second-order valence-electron chi connectivity index (χ2n) is 11.0. The molecule has 5 rings (SSSR count). The maximum Gasteiger partial charge on any atom is 0.251 e. The Labute approximate surface area is 238 Å². The maximum atomic E-state index is 14.0. The highest BCUT2D eigenvalue weighted by atomic mass is 16.5. The molecule has 0 radical (unpaired) electrons. The normalized spacial score (nSPS) is 22.1. The Hall–Kier alpha value is -4.00. The summed E-state index contributed by atoms with van der Waals surface area (Å²) in [5, 5.41) is 8.68. The Bertz CT molecular complexity index is 1310. The van der Waals surface area contributed by atoms with Crippen LogP contribution in [0.5, 0.6) is 5.75 Å². The molecule has 0 aromatic heterocycles. The molecular weight excluding hydrogens is 526 g/mol. The van der Waals surface area contributed by atoms with Crippen molar-refractivity contribution in [2.75, 3.05) is 25.1 Å². The number of methoxy groups -OCH3 is 1. The van der Waals surface area contributed by atoms with E-state index in [2.05, 4.69) is 32.3 Å². The lowest BCUT2D eigenvalue weighted by Crippen LogP contribution is -2.58. The largest absolute Gasteiger partial charge is 0.497 e. The molecule has 0 bridgehead atoms. The van der Waals surface area contributed by atoms with Crippen LogP contribution < -0.4 is 42.0 Å². The highest BCUT2D eigenvalue weighted by Gasteiger charge is 2.44. The fourth-order valence-electron chi connectivity index (χ4n) is 5.58. The average Bonchev–Trinajstić information content (AvgIpc) is 3.61. The third-order valence-electron chi connectivity index (χ3n) is 7.85. The zero-order valence-electron chi connectivity index (χ0n) is 23.5. The van der Waals surface area contributed by atoms with Gasteiger partial charge in [0.05, 0.1) is 18.8 Å². The fourth-order valence-corrected chi connectivity index (χ4v) is 5.58. The lowest BCUT2D eigenvalue weighted by molar-refractivity contribution is -0.130. The van der Waals surface area contributed by atoms with Crippen LogP contribution in [0.1, 0.15) is 41.8 Å². The predicted molar refractivity (Wildman–Crippen MR) is 152 cm³/mol. The minimum atomic E-state index is -0.864. The zero-order chi connectivity index (χ0) is 29.1. The summed E-state index contributed by atoms with van der Waals surface area (Å²) in [4.78, 5) is 55.3. The van der Waals surface area contributed by atoms with Crippen LogP contribution in [0, 0.1) is 5.92 Å². The van der Waals surface area contributed by atoms with Crippen LogP contribution in [-0.4, -0.2) is 68.0 Å². The predicted octanol–water partition coefficient (Wildman–Crippen LogP) is -0.0643. The van der Waals surface area contributed by atoms with Crippen LogP contribution >= 0.6 is 0 Å². The molecular formula is C29H37N7O5. The van der Waals surface area contributed by atoms with Gasteiger partial charge in [0.25, 0.3) is 5.91 Å². The van der Waals surface area contributed by atoms with Gasteiger partial charge in [-0.05, 0) is 54.2 Å².